The van der Waals surface area contributed by atoms with E-state index in [0.29, 0.717) is 17.0 Å². The normalized spacial score (nSPS) is 27.6. The summed E-state index contributed by atoms with van der Waals surface area (Å²) >= 11 is 5.74. The molecule has 0 aromatic carbocycles. The zero-order valence-corrected chi connectivity index (χ0v) is 8.96. The Kier molecular flexibility index (Phi) is 2.99. The highest BCUT2D eigenvalue weighted by molar-refractivity contribution is 6.30. The first-order chi connectivity index (χ1) is 6.75. The number of aromatic nitrogens is 2. The Morgan fingerprint density at radius 2 is 2.14 bits per heavy atom. The summed E-state index contributed by atoms with van der Waals surface area (Å²) in [4.78, 5) is 8.53. The molecule has 2 atom stereocenters. The molecule has 4 heteroatoms. The molecule has 76 valence electrons. The Bertz CT molecular complexity index is 299. The maximum atomic E-state index is 5.74. The van der Waals surface area contributed by atoms with Gasteiger partial charge in [0.1, 0.15) is 5.82 Å². The highest BCUT2D eigenvalue weighted by Crippen LogP contribution is 2.24. The number of rotatable bonds is 1. The van der Waals surface area contributed by atoms with Crippen molar-refractivity contribution in [2.45, 2.75) is 31.7 Å². The van der Waals surface area contributed by atoms with Crippen LogP contribution in [0.5, 0.6) is 0 Å². The highest BCUT2D eigenvalue weighted by atomic mass is 35.5. The van der Waals surface area contributed by atoms with Gasteiger partial charge in [0, 0.05) is 24.4 Å². The van der Waals surface area contributed by atoms with E-state index in [1.165, 1.54) is 0 Å². The summed E-state index contributed by atoms with van der Waals surface area (Å²) in [6, 6.07) is 0.563. The molecule has 1 aromatic rings. The Labute approximate surface area is 88.9 Å². The Morgan fingerprint density at radius 1 is 1.43 bits per heavy atom. The van der Waals surface area contributed by atoms with Gasteiger partial charge < -0.3 is 5.32 Å². The zero-order valence-electron chi connectivity index (χ0n) is 8.20. The van der Waals surface area contributed by atoms with Crippen LogP contribution >= 0.6 is 11.6 Å². The quantitative estimate of drug-likeness (QED) is 0.772. The van der Waals surface area contributed by atoms with Crippen molar-refractivity contribution in [3.63, 3.8) is 0 Å². The Hall–Kier alpha value is -0.670. The average molecular weight is 212 g/mol. The molecule has 2 heterocycles. The summed E-state index contributed by atoms with van der Waals surface area (Å²) in [5.74, 6) is 1.42. The first kappa shape index (κ1) is 9.87. The van der Waals surface area contributed by atoms with Crippen molar-refractivity contribution in [3.8, 4) is 0 Å². The lowest BCUT2D eigenvalue weighted by atomic mass is 9.92. The minimum Gasteiger partial charge on any atom is -0.314 e. The molecule has 1 saturated heterocycles. The van der Waals surface area contributed by atoms with Crippen LogP contribution in [-0.4, -0.2) is 22.6 Å². The third-order valence-corrected chi connectivity index (χ3v) is 2.82. The van der Waals surface area contributed by atoms with E-state index in [9.17, 15) is 0 Å². The standard InChI is InChI=1S/C10H14ClN3/c1-7-4-8(2-3-12-7)10-13-5-9(11)6-14-10/h5-8,12H,2-4H2,1H3/t7-,8?/m0/s1. The second-order valence-corrected chi connectivity index (χ2v) is 4.27. The molecule has 14 heavy (non-hydrogen) atoms. The largest absolute Gasteiger partial charge is 0.314 e. The minimum atomic E-state index is 0.489. The lowest BCUT2D eigenvalue weighted by molar-refractivity contribution is 0.371. The molecule has 0 saturated carbocycles. The van der Waals surface area contributed by atoms with Crippen molar-refractivity contribution in [1.29, 1.82) is 0 Å². The molecule has 0 radical (unpaired) electrons. The molecule has 0 aliphatic carbocycles. The molecule has 3 nitrogen and oxygen atoms in total. The smallest absolute Gasteiger partial charge is 0.131 e. The summed E-state index contributed by atoms with van der Waals surface area (Å²) in [6.45, 7) is 3.25. The summed E-state index contributed by atoms with van der Waals surface area (Å²) in [5, 5.41) is 4.02. The average Bonchev–Trinajstić information content (AvgIpc) is 2.19. The van der Waals surface area contributed by atoms with Crippen LogP contribution in [0.15, 0.2) is 12.4 Å². The van der Waals surface area contributed by atoms with Crippen molar-refractivity contribution in [3.05, 3.63) is 23.2 Å². The lowest BCUT2D eigenvalue weighted by Gasteiger charge is -2.26. The molecule has 2 rings (SSSR count). The minimum absolute atomic E-state index is 0.489. The van der Waals surface area contributed by atoms with Gasteiger partial charge in [0.15, 0.2) is 0 Å². The first-order valence-corrected chi connectivity index (χ1v) is 5.34. The van der Waals surface area contributed by atoms with Crippen LogP contribution in [0.2, 0.25) is 5.02 Å². The van der Waals surface area contributed by atoms with E-state index < -0.39 is 0 Å². The van der Waals surface area contributed by atoms with E-state index >= 15 is 0 Å². The van der Waals surface area contributed by atoms with Crippen LogP contribution in [0.25, 0.3) is 0 Å². The molecule has 1 unspecified atom stereocenters. The van der Waals surface area contributed by atoms with Crippen molar-refractivity contribution in [2.24, 2.45) is 0 Å². The van der Waals surface area contributed by atoms with Crippen molar-refractivity contribution in [1.82, 2.24) is 15.3 Å². The van der Waals surface area contributed by atoms with Crippen LogP contribution in [0, 0.1) is 0 Å². The first-order valence-electron chi connectivity index (χ1n) is 4.96. The van der Waals surface area contributed by atoms with Gasteiger partial charge in [0.25, 0.3) is 0 Å². The predicted octanol–water partition coefficient (Wildman–Crippen LogP) is 1.99. The van der Waals surface area contributed by atoms with E-state index in [4.69, 9.17) is 11.6 Å². The van der Waals surface area contributed by atoms with Crippen LogP contribution < -0.4 is 5.32 Å². The molecule has 1 fully saturated rings. The number of nitrogens with zero attached hydrogens (tertiary/aromatic N) is 2. The summed E-state index contributed by atoms with van der Waals surface area (Å²) in [5.41, 5.74) is 0. The van der Waals surface area contributed by atoms with E-state index in [2.05, 4.69) is 22.2 Å². The zero-order chi connectivity index (χ0) is 9.97. The molecule has 0 spiro atoms. The van der Waals surface area contributed by atoms with Gasteiger partial charge in [-0.05, 0) is 26.3 Å². The van der Waals surface area contributed by atoms with Crippen molar-refractivity contribution < 1.29 is 0 Å². The topological polar surface area (TPSA) is 37.8 Å². The monoisotopic (exact) mass is 211 g/mol. The third-order valence-electron chi connectivity index (χ3n) is 2.63. The van der Waals surface area contributed by atoms with Crippen molar-refractivity contribution >= 4 is 11.6 Å². The number of hydrogen-bond donors (Lipinski definition) is 1. The second kappa shape index (κ2) is 4.24. The van der Waals surface area contributed by atoms with Gasteiger partial charge in [-0.15, -0.1) is 0 Å². The van der Waals surface area contributed by atoms with E-state index in [0.717, 1.165) is 25.2 Å². The van der Waals surface area contributed by atoms with Crippen LogP contribution in [0.1, 0.15) is 31.5 Å². The second-order valence-electron chi connectivity index (χ2n) is 3.84. The van der Waals surface area contributed by atoms with Crippen LogP contribution in [0.3, 0.4) is 0 Å². The number of piperidine rings is 1. The fourth-order valence-corrected chi connectivity index (χ4v) is 2.00. The van der Waals surface area contributed by atoms with E-state index in [1.54, 1.807) is 12.4 Å². The maximum absolute atomic E-state index is 5.74. The molecule has 1 aliphatic rings. The van der Waals surface area contributed by atoms with Crippen LogP contribution in [-0.2, 0) is 0 Å². The fourth-order valence-electron chi connectivity index (χ4n) is 1.90. The number of hydrogen-bond acceptors (Lipinski definition) is 3. The van der Waals surface area contributed by atoms with E-state index in [1.807, 2.05) is 0 Å². The molecule has 0 bridgehead atoms. The van der Waals surface area contributed by atoms with E-state index in [-0.39, 0.29) is 0 Å². The predicted molar refractivity (Wildman–Crippen MR) is 56.5 cm³/mol. The number of halogens is 1. The van der Waals surface area contributed by atoms with Gasteiger partial charge >= 0.3 is 0 Å². The fraction of sp³-hybridized carbons (Fsp3) is 0.600. The molecule has 1 N–H and O–H groups in total. The molecule has 1 aliphatic heterocycles. The van der Waals surface area contributed by atoms with Crippen molar-refractivity contribution in [2.75, 3.05) is 6.54 Å². The van der Waals surface area contributed by atoms with Gasteiger partial charge in [-0.2, -0.15) is 0 Å². The third kappa shape index (κ3) is 2.22. The van der Waals surface area contributed by atoms with Gasteiger partial charge in [-0.3, -0.25) is 0 Å². The maximum Gasteiger partial charge on any atom is 0.131 e. The molecule has 0 amide bonds. The van der Waals surface area contributed by atoms with Gasteiger partial charge in [0.05, 0.1) is 5.02 Å². The van der Waals surface area contributed by atoms with Crippen LogP contribution in [0.4, 0.5) is 0 Å². The number of nitrogens with one attached hydrogen (secondary N) is 1. The SMILES string of the molecule is C[C@H]1CC(c2ncc(Cl)cn2)CCN1. The van der Waals surface area contributed by atoms with Gasteiger partial charge in [-0.1, -0.05) is 11.6 Å². The lowest BCUT2D eigenvalue weighted by Crippen LogP contribution is -2.35. The molecular weight excluding hydrogens is 198 g/mol. The van der Waals surface area contributed by atoms with Gasteiger partial charge in [-0.25, -0.2) is 9.97 Å². The van der Waals surface area contributed by atoms with Gasteiger partial charge in [0.2, 0.25) is 0 Å². The Morgan fingerprint density at radius 3 is 2.79 bits per heavy atom. The summed E-state index contributed by atoms with van der Waals surface area (Å²) < 4.78 is 0. The molecule has 1 aromatic heterocycles. The summed E-state index contributed by atoms with van der Waals surface area (Å²) in [6.07, 6.45) is 5.58. The molecular formula is C10H14ClN3. The highest BCUT2D eigenvalue weighted by Gasteiger charge is 2.21. The Balaban J connectivity index is 2.10. The summed E-state index contributed by atoms with van der Waals surface area (Å²) in [7, 11) is 0.